The van der Waals surface area contributed by atoms with Crippen LogP contribution in [-0.2, 0) is 4.79 Å². The molecule has 1 unspecified atom stereocenters. The van der Waals surface area contributed by atoms with Gasteiger partial charge in [0.05, 0.1) is 11.3 Å². The topological polar surface area (TPSA) is 102 Å². The fourth-order valence-electron chi connectivity index (χ4n) is 1.32. The van der Waals surface area contributed by atoms with Crippen molar-refractivity contribution in [3.63, 3.8) is 0 Å². The molecule has 1 rings (SSSR count). The number of hydrogen-bond acceptors (Lipinski definition) is 3. The molecule has 1 aromatic rings. The Kier molecular flexibility index (Phi) is 4.94. The van der Waals surface area contributed by atoms with E-state index in [1.807, 2.05) is 6.07 Å². The van der Waals surface area contributed by atoms with Gasteiger partial charge in [-0.15, -0.1) is 12.3 Å². The number of aliphatic carboxylic acids is 1. The van der Waals surface area contributed by atoms with Gasteiger partial charge < -0.3 is 15.7 Å². The molecule has 0 aliphatic carbocycles. The van der Waals surface area contributed by atoms with Crippen molar-refractivity contribution in [1.82, 2.24) is 5.32 Å². The van der Waals surface area contributed by atoms with Crippen molar-refractivity contribution in [2.24, 2.45) is 0 Å². The number of hydrogen-bond donors (Lipinski definition) is 3. The molecule has 0 saturated heterocycles. The second-order valence-electron chi connectivity index (χ2n) is 3.55. The molecule has 0 saturated carbocycles. The van der Waals surface area contributed by atoms with E-state index in [4.69, 9.17) is 16.8 Å². The van der Waals surface area contributed by atoms with E-state index in [1.165, 1.54) is 12.1 Å². The first kappa shape index (κ1) is 14.1. The number of anilines is 1. The van der Waals surface area contributed by atoms with Gasteiger partial charge >= 0.3 is 12.0 Å². The number of benzene rings is 1. The Bertz CT molecular complexity index is 569. The van der Waals surface area contributed by atoms with E-state index in [-0.39, 0.29) is 12.0 Å². The predicted octanol–water partition coefficient (Wildman–Crippen LogP) is 1.16. The van der Waals surface area contributed by atoms with Crippen molar-refractivity contribution in [2.45, 2.75) is 12.5 Å². The second-order valence-corrected chi connectivity index (χ2v) is 3.55. The number of nitriles is 1. The summed E-state index contributed by atoms with van der Waals surface area (Å²) in [6.07, 6.45) is 4.89. The maximum atomic E-state index is 11.6. The molecule has 0 aliphatic heterocycles. The van der Waals surface area contributed by atoms with Crippen LogP contribution in [0.1, 0.15) is 12.0 Å². The summed E-state index contributed by atoms with van der Waals surface area (Å²) in [7, 11) is 0. The first-order valence-corrected chi connectivity index (χ1v) is 5.31. The van der Waals surface area contributed by atoms with Crippen LogP contribution in [0, 0.1) is 23.7 Å². The zero-order valence-corrected chi connectivity index (χ0v) is 9.88. The van der Waals surface area contributed by atoms with Crippen molar-refractivity contribution >= 4 is 17.7 Å². The van der Waals surface area contributed by atoms with E-state index in [1.54, 1.807) is 12.1 Å². The van der Waals surface area contributed by atoms with Crippen LogP contribution in [0.5, 0.6) is 0 Å². The molecule has 1 atom stereocenters. The molecule has 0 bridgehead atoms. The predicted molar refractivity (Wildman–Crippen MR) is 68.2 cm³/mol. The average Bonchev–Trinajstić information content (AvgIpc) is 2.38. The molecule has 3 N–H and O–H groups in total. The fourth-order valence-corrected chi connectivity index (χ4v) is 1.32. The Labute approximate surface area is 110 Å². The van der Waals surface area contributed by atoms with E-state index in [9.17, 15) is 9.59 Å². The molecule has 0 aromatic heterocycles. The molecule has 6 nitrogen and oxygen atoms in total. The summed E-state index contributed by atoms with van der Waals surface area (Å²) >= 11 is 0. The number of carboxylic acid groups (broad SMARTS) is 1. The molecule has 0 spiro atoms. The number of nitrogens with zero attached hydrogens (tertiary/aromatic N) is 1. The van der Waals surface area contributed by atoms with Crippen LogP contribution in [0.25, 0.3) is 0 Å². The summed E-state index contributed by atoms with van der Waals surface area (Å²) in [5, 5.41) is 22.3. The average molecular weight is 257 g/mol. The van der Waals surface area contributed by atoms with Crippen LogP contribution in [0.3, 0.4) is 0 Å². The first-order chi connectivity index (χ1) is 9.08. The fraction of sp³-hybridized carbons (Fsp3) is 0.154. The van der Waals surface area contributed by atoms with Gasteiger partial charge in [-0.2, -0.15) is 5.26 Å². The zero-order valence-electron chi connectivity index (χ0n) is 9.88. The Hall–Kier alpha value is -2.99. The lowest BCUT2D eigenvalue weighted by molar-refractivity contribution is -0.139. The molecule has 2 amide bonds. The normalized spacial score (nSPS) is 10.6. The van der Waals surface area contributed by atoms with Crippen LogP contribution >= 0.6 is 0 Å². The van der Waals surface area contributed by atoms with Crippen LogP contribution < -0.4 is 10.6 Å². The Morgan fingerprint density at radius 3 is 2.68 bits per heavy atom. The van der Waals surface area contributed by atoms with Crippen LogP contribution in [0.15, 0.2) is 24.3 Å². The molecule has 0 radical (unpaired) electrons. The van der Waals surface area contributed by atoms with Crippen molar-refractivity contribution in [3.05, 3.63) is 29.8 Å². The van der Waals surface area contributed by atoms with Crippen molar-refractivity contribution in [1.29, 1.82) is 5.26 Å². The largest absolute Gasteiger partial charge is 0.480 e. The number of carbonyl (C=O) groups is 2. The molecular formula is C13H11N3O3. The van der Waals surface area contributed by atoms with Crippen LogP contribution in [-0.4, -0.2) is 23.1 Å². The number of nitrogens with one attached hydrogen (secondary N) is 2. The van der Waals surface area contributed by atoms with Gasteiger partial charge in [-0.1, -0.05) is 12.1 Å². The summed E-state index contributed by atoms with van der Waals surface area (Å²) < 4.78 is 0. The smallest absolute Gasteiger partial charge is 0.327 e. The summed E-state index contributed by atoms with van der Waals surface area (Å²) in [4.78, 5) is 22.4. The van der Waals surface area contributed by atoms with Gasteiger partial charge in [0.2, 0.25) is 0 Å². The van der Waals surface area contributed by atoms with E-state index in [2.05, 4.69) is 16.6 Å². The molecule has 0 aliphatic rings. The third-order valence-corrected chi connectivity index (χ3v) is 2.22. The van der Waals surface area contributed by atoms with Gasteiger partial charge in [-0.25, -0.2) is 9.59 Å². The Morgan fingerprint density at radius 2 is 2.11 bits per heavy atom. The quantitative estimate of drug-likeness (QED) is 0.704. The summed E-state index contributed by atoms with van der Waals surface area (Å²) in [6.45, 7) is 0. The lowest BCUT2D eigenvalue weighted by Gasteiger charge is -2.13. The first-order valence-electron chi connectivity index (χ1n) is 5.31. The molecule has 6 heteroatoms. The maximum absolute atomic E-state index is 11.6. The lowest BCUT2D eigenvalue weighted by Crippen LogP contribution is -2.42. The number of urea groups is 1. The summed E-state index contributed by atoms with van der Waals surface area (Å²) in [5.41, 5.74) is 0.578. The van der Waals surface area contributed by atoms with Gasteiger partial charge in [-0.3, -0.25) is 0 Å². The Balaban J connectivity index is 2.73. The van der Waals surface area contributed by atoms with E-state index < -0.39 is 18.0 Å². The van der Waals surface area contributed by atoms with Crippen molar-refractivity contribution < 1.29 is 14.7 Å². The number of para-hydroxylation sites is 1. The lowest BCUT2D eigenvalue weighted by atomic mass is 10.2. The standard InChI is InChI=1S/C13H11N3O3/c1-2-5-11(12(17)18)16-13(19)15-10-7-4-3-6-9(10)8-14/h1,3-4,6-7,11H,5H2,(H,17,18)(H2,15,16,19). The number of carboxylic acids is 1. The van der Waals surface area contributed by atoms with Crippen molar-refractivity contribution in [3.8, 4) is 18.4 Å². The third kappa shape index (κ3) is 4.06. The van der Waals surface area contributed by atoms with Gasteiger partial charge in [0.1, 0.15) is 12.1 Å². The number of amides is 2. The second kappa shape index (κ2) is 6.67. The maximum Gasteiger partial charge on any atom is 0.327 e. The van der Waals surface area contributed by atoms with Gasteiger partial charge in [-0.05, 0) is 12.1 Å². The zero-order chi connectivity index (χ0) is 14.3. The van der Waals surface area contributed by atoms with E-state index >= 15 is 0 Å². The molecule has 0 heterocycles. The molecule has 19 heavy (non-hydrogen) atoms. The van der Waals surface area contributed by atoms with Gasteiger partial charge in [0, 0.05) is 6.42 Å². The van der Waals surface area contributed by atoms with Gasteiger partial charge in [0.25, 0.3) is 0 Å². The molecular weight excluding hydrogens is 246 g/mol. The van der Waals surface area contributed by atoms with Crippen molar-refractivity contribution in [2.75, 3.05) is 5.32 Å². The van der Waals surface area contributed by atoms with E-state index in [0.717, 1.165) is 0 Å². The highest BCUT2D eigenvalue weighted by atomic mass is 16.4. The Morgan fingerprint density at radius 1 is 1.42 bits per heavy atom. The highest BCUT2D eigenvalue weighted by molar-refractivity contribution is 5.93. The third-order valence-electron chi connectivity index (χ3n) is 2.22. The highest BCUT2D eigenvalue weighted by Gasteiger charge is 2.19. The number of terminal acetylenes is 1. The minimum absolute atomic E-state index is 0.122. The SMILES string of the molecule is C#CCC(NC(=O)Nc1ccccc1C#N)C(=O)O. The monoisotopic (exact) mass is 257 g/mol. The van der Waals surface area contributed by atoms with E-state index in [0.29, 0.717) is 5.69 Å². The molecule has 1 aromatic carbocycles. The molecule has 0 fully saturated rings. The molecule has 96 valence electrons. The summed E-state index contributed by atoms with van der Waals surface area (Å²) in [5.74, 6) is 0.945. The minimum Gasteiger partial charge on any atom is -0.480 e. The van der Waals surface area contributed by atoms with Crippen LogP contribution in [0.4, 0.5) is 10.5 Å². The van der Waals surface area contributed by atoms with Gasteiger partial charge in [0.15, 0.2) is 0 Å². The number of rotatable bonds is 4. The van der Waals surface area contributed by atoms with Crippen LogP contribution in [0.2, 0.25) is 0 Å². The highest BCUT2D eigenvalue weighted by Crippen LogP contribution is 2.13. The number of carbonyl (C=O) groups excluding carboxylic acids is 1. The summed E-state index contributed by atoms with van der Waals surface area (Å²) in [6, 6.07) is 6.38. The minimum atomic E-state index is -1.22.